The van der Waals surface area contributed by atoms with Gasteiger partial charge in [0.1, 0.15) is 0 Å². The molecule has 13 rings (SSSR count). The first kappa shape index (κ1) is 24.6. The molecule has 8 aromatic carbocycles. The minimum absolute atomic E-state index is 1.18. The number of nitrogens with zero attached hydrogens (tertiary/aromatic N) is 3. The highest BCUT2D eigenvalue weighted by atomic mass is 15.0. The number of aromatic nitrogens is 3. The maximum atomic E-state index is 2.55. The van der Waals surface area contributed by atoms with Crippen LogP contribution in [0.4, 0.5) is 0 Å². The molecule has 0 aliphatic carbocycles. The van der Waals surface area contributed by atoms with Crippen LogP contribution in [0.15, 0.2) is 152 Å². The molecule has 0 amide bonds. The van der Waals surface area contributed by atoms with Crippen molar-refractivity contribution in [2.24, 2.45) is 0 Å². The predicted octanol–water partition coefficient (Wildman–Crippen LogP) is 12.2. The van der Waals surface area contributed by atoms with E-state index in [1.807, 2.05) is 0 Å². The average molecular weight is 620 g/mol. The van der Waals surface area contributed by atoms with Crippen molar-refractivity contribution in [2.75, 3.05) is 0 Å². The summed E-state index contributed by atoms with van der Waals surface area (Å²) < 4.78 is 7.54. The van der Waals surface area contributed by atoms with Crippen LogP contribution in [0.5, 0.6) is 0 Å². The van der Waals surface area contributed by atoms with E-state index in [9.17, 15) is 0 Å². The summed E-state index contributed by atoms with van der Waals surface area (Å²) in [5.41, 5.74) is 11.3. The summed E-state index contributed by atoms with van der Waals surface area (Å²) in [7, 11) is 0. The van der Waals surface area contributed by atoms with E-state index in [1.54, 1.807) is 0 Å². The second-order valence-corrected chi connectivity index (χ2v) is 13.7. The molecule has 5 heterocycles. The maximum Gasteiger partial charge on any atom is 0.0628 e. The highest BCUT2D eigenvalue weighted by Crippen LogP contribution is 2.49. The summed E-state index contributed by atoms with van der Waals surface area (Å²) >= 11 is 0. The monoisotopic (exact) mass is 619 g/mol. The average Bonchev–Trinajstić information content (AvgIpc) is 3.93. The van der Waals surface area contributed by atoms with Crippen molar-refractivity contribution in [1.82, 2.24) is 13.4 Å². The Labute approximate surface area is 278 Å². The first-order valence-electron chi connectivity index (χ1n) is 17.0. The van der Waals surface area contributed by atoms with Crippen LogP contribution in [-0.4, -0.2) is 13.4 Å². The summed E-state index contributed by atoms with van der Waals surface area (Å²) in [4.78, 5) is 0. The third kappa shape index (κ3) is 2.73. The van der Waals surface area contributed by atoms with E-state index in [2.05, 4.69) is 165 Å². The fourth-order valence-corrected chi connectivity index (χ4v) is 9.60. The van der Waals surface area contributed by atoms with Gasteiger partial charge in [-0.15, -0.1) is 0 Å². The lowest BCUT2D eigenvalue weighted by atomic mass is 9.98. The minimum Gasteiger partial charge on any atom is -0.309 e. The summed E-state index contributed by atoms with van der Waals surface area (Å²) in [6.07, 6.45) is 0. The summed E-state index contributed by atoms with van der Waals surface area (Å²) in [5, 5.41) is 15.7. The van der Waals surface area contributed by atoms with Gasteiger partial charge in [-0.05, 0) is 65.4 Å². The van der Waals surface area contributed by atoms with Crippen LogP contribution in [0.3, 0.4) is 0 Å². The van der Waals surface area contributed by atoms with E-state index in [0.717, 1.165) is 0 Å². The Hall–Kier alpha value is -6.58. The van der Waals surface area contributed by atoms with Crippen LogP contribution < -0.4 is 0 Å². The highest BCUT2D eigenvalue weighted by molar-refractivity contribution is 6.38. The Kier molecular flexibility index (Phi) is 4.15. The quantitative estimate of drug-likeness (QED) is 0.174. The fourth-order valence-electron chi connectivity index (χ4n) is 9.60. The zero-order valence-corrected chi connectivity index (χ0v) is 26.3. The molecule has 3 nitrogen and oxygen atoms in total. The van der Waals surface area contributed by atoms with Crippen LogP contribution >= 0.6 is 0 Å². The third-order valence-electron chi connectivity index (χ3n) is 11.4. The summed E-state index contributed by atoms with van der Waals surface area (Å²) in [6.45, 7) is 0. The molecule has 224 valence electrons. The van der Waals surface area contributed by atoms with Crippen LogP contribution in [0.2, 0.25) is 0 Å². The lowest BCUT2D eigenvalue weighted by molar-refractivity contribution is 1.18. The van der Waals surface area contributed by atoms with Gasteiger partial charge in [-0.1, -0.05) is 97.1 Å². The SMILES string of the molecule is c1ccc(-n2c3ccccc3c3c4c5cc6c7c8ccccc8cc8c9ccccc9n(c6cc5n5c6ccccc6c(cc32)c45)c87)cc1. The van der Waals surface area contributed by atoms with Gasteiger partial charge in [-0.25, -0.2) is 0 Å². The first-order valence-corrected chi connectivity index (χ1v) is 17.0. The van der Waals surface area contributed by atoms with Crippen molar-refractivity contribution in [1.29, 1.82) is 0 Å². The standard InChI is InChI=1S/C46H25N3/c1-2-13-27(14-3-1)47-38-21-11-8-18-31(38)43-41(47)24-33-30-17-7-10-20-37(30)49-40-25-39-34(23-35(40)44(43)46(33)49)42-28-15-5-4-12-26(28)22-32-29-16-6-9-19-36(29)48(39)45(32)42/h1-25H. The van der Waals surface area contributed by atoms with Crippen LogP contribution in [0.1, 0.15) is 0 Å². The van der Waals surface area contributed by atoms with Gasteiger partial charge in [0.05, 0.1) is 44.1 Å². The molecule has 0 aliphatic rings. The van der Waals surface area contributed by atoms with Gasteiger partial charge in [0.15, 0.2) is 0 Å². The number of para-hydroxylation sites is 4. The molecule has 0 fully saturated rings. The molecule has 13 aromatic rings. The van der Waals surface area contributed by atoms with Crippen molar-refractivity contribution in [3.05, 3.63) is 152 Å². The van der Waals surface area contributed by atoms with Crippen LogP contribution in [0.25, 0.3) is 114 Å². The Morgan fingerprint density at radius 2 is 0.837 bits per heavy atom. The molecule has 0 bridgehead atoms. The van der Waals surface area contributed by atoms with E-state index in [4.69, 9.17) is 0 Å². The number of rotatable bonds is 1. The molecule has 49 heavy (non-hydrogen) atoms. The maximum absolute atomic E-state index is 2.55. The second kappa shape index (κ2) is 8.28. The van der Waals surface area contributed by atoms with Gasteiger partial charge in [-0.3, -0.25) is 0 Å². The molecular weight excluding hydrogens is 595 g/mol. The molecule has 0 radical (unpaired) electrons. The third-order valence-corrected chi connectivity index (χ3v) is 11.4. The lowest BCUT2D eigenvalue weighted by Gasteiger charge is -2.08. The molecule has 0 aliphatic heterocycles. The molecule has 0 spiro atoms. The fraction of sp³-hybridized carbons (Fsp3) is 0. The van der Waals surface area contributed by atoms with E-state index in [0.29, 0.717) is 0 Å². The van der Waals surface area contributed by atoms with Gasteiger partial charge < -0.3 is 13.4 Å². The van der Waals surface area contributed by atoms with Crippen molar-refractivity contribution in [3.63, 3.8) is 0 Å². The van der Waals surface area contributed by atoms with E-state index in [-0.39, 0.29) is 0 Å². The first-order chi connectivity index (χ1) is 24.3. The predicted molar refractivity (Wildman–Crippen MR) is 208 cm³/mol. The van der Waals surface area contributed by atoms with E-state index >= 15 is 0 Å². The molecular formula is C46H25N3. The zero-order valence-electron chi connectivity index (χ0n) is 26.3. The van der Waals surface area contributed by atoms with Crippen molar-refractivity contribution >= 4 is 109 Å². The molecule has 3 heteroatoms. The molecule has 5 aromatic heterocycles. The van der Waals surface area contributed by atoms with Crippen LogP contribution in [0, 0.1) is 0 Å². The van der Waals surface area contributed by atoms with Gasteiger partial charge in [0, 0.05) is 59.5 Å². The van der Waals surface area contributed by atoms with E-state index in [1.165, 1.54) is 114 Å². The van der Waals surface area contributed by atoms with Crippen molar-refractivity contribution < 1.29 is 0 Å². The molecule has 0 saturated heterocycles. The molecule has 0 saturated carbocycles. The zero-order chi connectivity index (χ0) is 31.5. The number of benzene rings is 8. The Balaban J connectivity index is 1.36. The number of fused-ring (bicyclic) bond motifs is 18. The van der Waals surface area contributed by atoms with E-state index < -0.39 is 0 Å². The smallest absolute Gasteiger partial charge is 0.0628 e. The van der Waals surface area contributed by atoms with Crippen molar-refractivity contribution in [2.45, 2.75) is 0 Å². The minimum atomic E-state index is 1.18. The molecule has 0 atom stereocenters. The van der Waals surface area contributed by atoms with Gasteiger partial charge in [0.25, 0.3) is 0 Å². The highest BCUT2D eigenvalue weighted by Gasteiger charge is 2.26. The topological polar surface area (TPSA) is 13.8 Å². The summed E-state index contributed by atoms with van der Waals surface area (Å²) in [5.74, 6) is 0. The Morgan fingerprint density at radius 1 is 0.286 bits per heavy atom. The molecule has 0 unspecified atom stereocenters. The largest absolute Gasteiger partial charge is 0.309 e. The Bertz CT molecular complexity index is 3540. The van der Waals surface area contributed by atoms with Gasteiger partial charge >= 0.3 is 0 Å². The van der Waals surface area contributed by atoms with Crippen LogP contribution in [-0.2, 0) is 0 Å². The second-order valence-electron chi connectivity index (χ2n) is 13.7. The Morgan fingerprint density at radius 3 is 1.57 bits per heavy atom. The summed E-state index contributed by atoms with van der Waals surface area (Å²) in [6, 6.07) is 56.4. The molecule has 0 N–H and O–H groups in total. The van der Waals surface area contributed by atoms with Gasteiger partial charge in [-0.2, -0.15) is 0 Å². The number of hydrogen-bond acceptors (Lipinski definition) is 0. The number of hydrogen-bond donors (Lipinski definition) is 0. The van der Waals surface area contributed by atoms with Gasteiger partial charge in [0.2, 0.25) is 0 Å². The lowest BCUT2D eigenvalue weighted by Crippen LogP contribution is -1.92. The van der Waals surface area contributed by atoms with Crippen molar-refractivity contribution in [3.8, 4) is 5.69 Å². The normalized spacial score (nSPS) is 12.9.